The van der Waals surface area contributed by atoms with E-state index >= 15 is 0 Å². The van der Waals surface area contributed by atoms with E-state index in [1.165, 1.54) is 0 Å². The number of hydrogen-bond donors (Lipinski definition) is 1. The zero-order valence-electron chi connectivity index (χ0n) is 13.2. The molecule has 1 aromatic rings. The molecule has 4 heteroatoms. The van der Waals surface area contributed by atoms with Crippen molar-refractivity contribution >= 4 is 5.91 Å². The number of carbonyl (C=O) groups excluding carboxylic acids is 1. The van der Waals surface area contributed by atoms with E-state index in [1.54, 1.807) is 0 Å². The summed E-state index contributed by atoms with van der Waals surface area (Å²) in [7, 11) is 0. The van der Waals surface area contributed by atoms with Crippen LogP contribution in [0.5, 0.6) is 5.75 Å². The molecule has 0 bridgehead atoms. The largest absolute Gasteiger partial charge is 0.494 e. The molecule has 0 spiro atoms. The van der Waals surface area contributed by atoms with Crippen molar-refractivity contribution in [2.24, 2.45) is 11.7 Å². The molecule has 1 saturated heterocycles. The molecule has 0 aromatic heterocycles. The number of benzene rings is 1. The van der Waals surface area contributed by atoms with Gasteiger partial charge in [0, 0.05) is 19.0 Å². The molecule has 2 unspecified atom stereocenters. The van der Waals surface area contributed by atoms with E-state index in [0.717, 1.165) is 24.3 Å². The lowest BCUT2D eigenvalue weighted by atomic mass is 10.00. The van der Waals surface area contributed by atoms with Crippen molar-refractivity contribution in [1.29, 1.82) is 0 Å². The number of hydrogen-bond acceptors (Lipinski definition) is 3. The second-order valence-corrected chi connectivity index (χ2v) is 6.09. The molecule has 2 N–H and O–H groups in total. The van der Waals surface area contributed by atoms with Gasteiger partial charge in [0.15, 0.2) is 0 Å². The number of amides is 1. The highest BCUT2D eigenvalue weighted by atomic mass is 16.5. The number of ether oxygens (including phenoxy) is 1. The van der Waals surface area contributed by atoms with E-state index in [-0.39, 0.29) is 18.0 Å². The fourth-order valence-corrected chi connectivity index (χ4v) is 2.86. The van der Waals surface area contributed by atoms with Gasteiger partial charge >= 0.3 is 0 Å². The van der Waals surface area contributed by atoms with Gasteiger partial charge in [0.25, 0.3) is 0 Å². The molecule has 2 rings (SSSR count). The van der Waals surface area contributed by atoms with Crippen molar-refractivity contribution in [3.8, 4) is 5.75 Å². The lowest BCUT2D eigenvalue weighted by molar-refractivity contribution is -0.129. The molecular weight excluding hydrogens is 264 g/mol. The first kappa shape index (κ1) is 15.8. The molecule has 21 heavy (non-hydrogen) atoms. The molecular formula is C17H26N2O2. The maximum absolute atomic E-state index is 12.2. The van der Waals surface area contributed by atoms with E-state index in [1.807, 2.05) is 36.1 Å². The first-order valence-electron chi connectivity index (χ1n) is 7.80. The first-order chi connectivity index (χ1) is 10.0. The fraction of sp³-hybridized carbons (Fsp3) is 0.588. The van der Waals surface area contributed by atoms with Crippen LogP contribution in [-0.2, 0) is 4.79 Å². The maximum atomic E-state index is 12.2. The lowest BCUT2D eigenvalue weighted by Crippen LogP contribution is -2.34. The number of carbonyl (C=O) groups is 1. The Balaban J connectivity index is 2.21. The lowest BCUT2D eigenvalue weighted by Gasteiger charge is -2.28. The van der Waals surface area contributed by atoms with Crippen molar-refractivity contribution in [2.75, 3.05) is 13.2 Å². The van der Waals surface area contributed by atoms with Crippen LogP contribution in [0.3, 0.4) is 0 Å². The average Bonchev–Trinajstić information content (AvgIpc) is 2.71. The standard InChI is InChI=1S/C17H26N2O2/c1-4-21-14-7-5-6-13(10-14)17-15(18)11-16(20)19(17)9-8-12(2)3/h5-7,10,12,15,17H,4,8-9,11,18H2,1-3H3. The molecule has 0 radical (unpaired) electrons. The Morgan fingerprint density at radius 2 is 2.19 bits per heavy atom. The Kier molecular flexibility index (Phi) is 5.23. The van der Waals surface area contributed by atoms with Gasteiger partial charge in [-0.25, -0.2) is 0 Å². The van der Waals surface area contributed by atoms with Crippen LogP contribution in [0.25, 0.3) is 0 Å². The third-order valence-electron chi connectivity index (χ3n) is 3.93. The van der Waals surface area contributed by atoms with E-state index in [9.17, 15) is 4.79 Å². The molecule has 1 amide bonds. The van der Waals surface area contributed by atoms with Gasteiger partial charge in [-0.1, -0.05) is 26.0 Å². The Morgan fingerprint density at radius 1 is 1.43 bits per heavy atom. The molecule has 116 valence electrons. The zero-order valence-corrected chi connectivity index (χ0v) is 13.2. The van der Waals surface area contributed by atoms with Crippen LogP contribution in [-0.4, -0.2) is 30.0 Å². The molecule has 1 fully saturated rings. The van der Waals surface area contributed by atoms with Gasteiger partial charge < -0.3 is 15.4 Å². The minimum Gasteiger partial charge on any atom is -0.494 e. The van der Waals surface area contributed by atoms with Gasteiger partial charge in [-0.3, -0.25) is 4.79 Å². The summed E-state index contributed by atoms with van der Waals surface area (Å²) in [4.78, 5) is 14.1. The van der Waals surface area contributed by atoms with E-state index in [2.05, 4.69) is 13.8 Å². The van der Waals surface area contributed by atoms with Crippen LogP contribution in [0, 0.1) is 5.92 Å². The quantitative estimate of drug-likeness (QED) is 0.876. The number of nitrogens with two attached hydrogens (primary N) is 1. The normalized spacial score (nSPS) is 22.1. The van der Waals surface area contributed by atoms with Gasteiger partial charge in [-0.15, -0.1) is 0 Å². The molecule has 1 aromatic carbocycles. The van der Waals surface area contributed by atoms with Crippen LogP contribution in [0.2, 0.25) is 0 Å². The third-order valence-corrected chi connectivity index (χ3v) is 3.93. The molecule has 2 atom stereocenters. The van der Waals surface area contributed by atoms with Gasteiger partial charge in [-0.2, -0.15) is 0 Å². The summed E-state index contributed by atoms with van der Waals surface area (Å²) in [5.74, 6) is 1.57. The van der Waals surface area contributed by atoms with E-state index in [0.29, 0.717) is 18.9 Å². The van der Waals surface area contributed by atoms with Crippen molar-refractivity contribution in [2.45, 2.75) is 45.7 Å². The van der Waals surface area contributed by atoms with Gasteiger partial charge in [-0.05, 0) is 37.0 Å². The Bertz CT molecular complexity index is 487. The monoisotopic (exact) mass is 290 g/mol. The molecule has 4 nitrogen and oxygen atoms in total. The summed E-state index contributed by atoms with van der Waals surface area (Å²) in [5, 5.41) is 0. The SMILES string of the molecule is CCOc1cccc(C2C(N)CC(=O)N2CCC(C)C)c1. The van der Waals surface area contributed by atoms with Crippen LogP contribution in [0.1, 0.15) is 45.2 Å². The number of likely N-dealkylation sites (tertiary alicyclic amines) is 1. The van der Waals surface area contributed by atoms with Crippen molar-refractivity contribution < 1.29 is 9.53 Å². The first-order valence-corrected chi connectivity index (χ1v) is 7.80. The number of rotatable bonds is 6. The average molecular weight is 290 g/mol. The number of nitrogens with zero attached hydrogens (tertiary/aromatic N) is 1. The summed E-state index contributed by atoms with van der Waals surface area (Å²) >= 11 is 0. The molecule has 1 aliphatic rings. The Hall–Kier alpha value is -1.55. The summed E-state index contributed by atoms with van der Waals surface area (Å²) in [6.45, 7) is 7.72. The van der Waals surface area contributed by atoms with Crippen molar-refractivity contribution in [3.05, 3.63) is 29.8 Å². The van der Waals surface area contributed by atoms with Crippen LogP contribution in [0.15, 0.2) is 24.3 Å². The summed E-state index contributed by atoms with van der Waals surface area (Å²) < 4.78 is 5.56. The molecule has 1 heterocycles. The van der Waals surface area contributed by atoms with Gasteiger partial charge in [0.2, 0.25) is 5.91 Å². The Labute approximate surface area is 127 Å². The van der Waals surface area contributed by atoms with Crippen molar-refractivity contribution in [3.63, 3.8) is 0 Å². The highest BCUT2D eigenvalue weighted by Gasteiger charge is 2.38. The van der Waals surface area contributed by atoms with Crippen LogP contribution >= 0.6 is 0 Å². The minimum absolute atomic E-state index is 0.0309. The Morgan fingerprint density at radius 3 is 2.86 bits per heavy atom. The molecule has 0 aliphatic carbocycles. The second-order valence-electron chi connectivity index (χ2n) is 6.09. The van der Waals surface area contributed by atoms with E-state index < -0.39 is 0 Å². The highest BCUT2D eigenvalue weighted by Crippen LogP contribution is 2.34. The van der Waals surface area contributed by atoms with Crippen LogP contribution in [0.4, 0.5) is 0 Å². The van der Waals surface area contributed by atoms with Gasteiger partial charge in [0.1, 0.15) is 5.75 Å². The highest BCUT2D eigenvalue weighted by molar-refractivity contribution is 5.80. The van der Waals surface area contributed by atoms with Crippen LogP contribution < -0.4 is 10.5 Å². The fourth-order valence-electron chi connectivity index (χ4n) is 2.86. The van der Waals surface area contributed by atoms with E-state index in [4.69, 9.17) is 10.5 Å². The summed E-state index contributed by atoms with van der Waals surface area (Å²) in [6, 6.07) is 7.78. The maximum Gasteiger partial charge on any atom is 0.224 e. The topological polar surface area (TPSA) is 55.6 Å². The zero-order chi connectivity index (χ0) is 15.4. The summed E-state index contributed by atoms with van der Waals surface area (Å²) in [6.07, 6.45) is 1.43. The summed E-state index contributed by atoms with van der Waals surface area (Å²) in [5.41, 5.74) is 7.29. The second kappa shape index (κ2) is 6.94. The minimum atomic E-state index is -0.137. The third kappa shape index (κ3) is 3.76. The molecule has 1 aliphatic heterocycles. The molecule has 0 saturated carbocycles. The van der Waals surface area contributed by atoms with Crippen molar-refractivity contribution in [1.82, 2.24) is 4.90 Å². The predicted molar refractivity (Wildman–Crippen MR) is 84.1 cm³/mol. The predicted octanol–water partition coefficient (Wildman–Crippen LogP) is 2.73. The smallest absolute Gasteiger partial charge is 0.224 e. The van der Waals surface area contributed by atoms with Gasteiger partial charge in [0.05, 0.1) is 12.6 Å².